The summed E-state index contributed by atoms with van der Waals surface area (Å²) < 4.78 is 0. The molecule has 0 spiro atoms. The molecule has 1 aromatic heterocycles. The number of benzene rings is 1. The van der Waals surface area contributed by atoms with Crippen LogP contribution in [0.25, 0.3) is 0 Å². The number of halogens is 1. The second-order valence-electron chi connectivity index (χ2n) is 6.78. The monoisotopic (exact) mass is 384 g/mol. The summed E-state index contributed by atoms with van der Waals surface area (Å²) in [6.45, 7) is 3.03. The van der Waals surface area contributed by atoms with Crippen molar-refractivity contribution in [2.75, 3.05) is 11.9 Å². The Morgan fingerprint density at radius 1 is 1.19 bits per heavy atom. The number of carbonyl (C=O) groups excluding carboxylic acids is 1. The van der Waals surface area contributed by atoms with Crippen molar-refractivity contribution in [1.29, 1.82) is 0 Å². The van der Waals surface area contributed by atoms with Gasteiger partial charge in [-0.2, -0.15) is 0 Å². The van der Waals surface area contributed by atoms with Gasteiger partial charge in [0.1, 0.15) is 17.3 Å². The van der Waals surface area contributed by atoms with Gasteiger partial charge in [-0.1, -0.05) is 35.4 Å². The van der Waals surface area contributed by atoms with Crippen LogP contribution in [-0.4, -0.2) is 22.4 Å². The van der Waals surface area contributed by atoms with Gasteiger partial charge in [-0.05, 0) is 56.7 Å². The van der Waals surface area contributed by atoms with Crippen LogP contribution >= 0.6 is 11.6 Å². The van der Waals surface area contributed by atoms with Gasteiger partial charge in [-0.3, -0.25) is 4.79 Å². The van der Waals surface area contributed by atoms with E-state index in [1.54, 1.807) is 13.0 Å². The first-order chi connectivity index (χ1) is 13.1. The summed E-state index contributed by atoms with van der Waals surface area (Å²) >= 11 is 5.91. The smallest absolute Gasteiger partial charge is 0.270 e. The maximum atomic E-state index is 12.4. The topological polar surface area (TPSA) is 66.9 Å². The van der Waals surface area contributed by atoms with Gasteiger partial charge in [0.15, 0.2) is 0 Å². The molecule has 6 heteroatoms. The van der Waals surface area contributed by atoms with Crippen LogP contribution < -0.4 is 10.6 Å². The van der Waals surface area contributed by atoms with Crippen LogP contribution in [0.5, 0.6) is 0 Å². The van der Waals surface area contributed by atoms with Crippen LogP contribution in [0.3, 0.4) is 0 Å². The number of aromatic nitrogens is 2. The third-order valence-corrected chi connectivity index (χ3v) is 4.83. The van der Waals surface area contributed by atoms with Crippen molar-refractivity contribution in [1.82, 2.24) is 15.3 Å². The normalized spacial score (nSPS) is 13.8. The third-order valence-electron chi connectivity index (χ3n) is 4.57. The largest absolute Gasteiger partial charge is 0.366 e. The third kappa shape index (κ3) is 6.07. The first-order valence-corrected chi connectivity index (χ1v) is 9.78. The van der Waals surface area contributed by atoms with E-state index < -0.39 is 0 Å². The number of carbonyl (C=O) groups is 1. The molecule has 2 aromatic rings. The summed E-state index contributed by atoms with van der Waals surface area (Å²) in [7, 11) is 0. The Labute approximate surface area is 165 Å². The quantitative estimate of drug-likeness (QED) is 0.680. The minimum Gasteiger partial charge on any atom is -0.366 e. The maximum Gasteiger partial charge on any atom is 0.270 e. The van der Waals surface area contributed by atoms with E-state index in [0.29, 0.717) is 35.4 Å². The fourth-order valence-electron chi connectivity index (χ4n) is 3.13. The molecule has 1 aliphatic carbocycles. The Balaban J connectivity index is 1.55. The number of nitrogens with zero attached hydrogens (tertiary/aromatic N) is 2. The number of hydrogen-bond donors (Lipinski definition) is 2. The van der Waals surface area contributed by atoms with Crippen LogP contribution in [0.15, 0.2) is 42.0 Å². The summed E-state index contributed by atoms with van der Waals surface area (Å²) in [5.74, 6) is 1.04. The molecule has 1 amide bonds. The van der Waals surface area contributed by atoms with Gasteiger partial charge >= 0.3 is 0 Å². The summed E-state index contributed by atoms with van der Waals surface area (Å²) in [5.41, 5.74) is 2.92. The van der Waals surface area contributed by atoms with Crippen molar-refractivity contribution in [3.8, 4) is 0 Å². The van der Waals surface area contributed by atoms with Crippen LogP contribution in [0.1, 0.15) is 54.0 Å². The second-order valence-corrected chi connectivity index (χ2v) is 7.22. The fraction of sp³-hybridized carbons (Fsp3) is 0.381. The molecule has 1 heterocycles. The number of allylic oxidation sites excluding steroid dienone is 1. The zero-order chi connectivity index (χ0) is 19.1. The molecule has 5 nitrogen and oxygen atoms in total. The molecule has 142 valence electrons. The van der Waals surface area contributed by atoms with E-state index in [1.165, 1.54) is 18.4 Å². The van der Waals surface area contributed by atoms with Crippen molar-refractivity contribution >= 4 is 23.3 Å². The van der Waals surface area contributed by atoms with E-state index >= 15 is 0 Å². The SMILES string of the molecule is Cc1nc(NCc2ccc(Cl)cc2)cc(C(=O)NCCC2=CCCCC2)n1. The molecule has 0 atom stereocenters. The number of nitrogens with one attached hydrogen (secondary N) is 2. The number of rotatable bonds is 7. The van der Waals surface area contributed by atoms with Gasteiger partial charge in [0.2, 0.25) is 0 Å². The first-order valence-electron chi connectivity index (χ1n) is 9.40. The van der Waals surface area contributed by atoms with E-state index in [4.69, 9.17) is 11.6 Å². The molecule has 0 saturated carbocycles. The Hall–Kier alpha value is -2.40. The Bertz CT molecular complexity index is 817. The lowest BCUT2D eigenvalue weighted by Crippen LogP contribution is -2.26. The molecule has 0 unspecified atom stereocenters. The lowest BCUT2D eigenvalue weighted by atomic mass is 9.97. The van der Waals surface area contributed by atoms with E-state index in [0.717, 1.165) is 24.8 Å². The minimum absolute atomic E-state index is 0.161. The van der Waals surface area contributed by atoms with Crippen molar-refractivity contribution in [2.45, 2.75) is 45.6 Å². The highest BCUT2D eigenvalue weighted by Crippen LogP contribution is 2.19. The lowest BCUT2D eigenvalue weighted by Gasteiger charge is -2.13. The van der Waals surface area contributed by atoms with E-state index in [9.17, 15) is 4.79 Å². The van der Waals surface area contributed by atoms with Crippen LogP contribution in [0, 0.1) is 6.92 Å². The molecule has 2 N–H and O–H groups in total. The first kappa shape index (κ1) is 19.4. The number of amides is 1. The Kier molecular flexibility index (Phi) is 6.82. The van der Waals surface area contributed by atoms with Gasteiger partial charge in [0.25, 0.3) is 5.91 Å². The number of anilines is 1. The molecule has 0 radical (unpaired) electrons. The molecule has 27 heavy (non-hydrogen) atoms. The maximum absolute atomic E-state index is 12.4. The highest BCUT2D eigenvalue weighted by atomic mass is 35.5. The molecule has 0 saturated heterocycles. The van der Waals surface area contributed by atoms with Gasteiger partial charge in [0, 0.05) is 24.2 Å². The summed E-state index contributed by atoms with van der Waals surface area (Å²) in [6, 6.07) is 9.31. The second kappa shape index (κ2) is 9.51. The molecular weight excluding hydrogens is 360 g/mol. The van der Waals surface area contributed by atoms with Crippen molar-refractivity contribution in [2.24, 2.45) is 0 Å². The molecule has 1 aliphatic rings. The van der Waals surface area contributed by atoms with Crippen LogP contribution in [0.2, 0.25) is 5.02 Å². The van der Waals surface area contributed by atoms with Gasteiger partial charge in [-0.25, -0.2) is 9.97 Å². The van der Waals surface area contributed by atoms with E-state index in [1.807, 2.05) is 24.3 Å². The molecule has 0 aliphatic heterocycles. The fourth-order valence-corrected chi connectivity index (χ4v) is 3.25. The number of aryl methyl sites for hydroxylation is 1. The molecule has 0 fully saturated rings. The standard InChI is InChI=1S/C21H25ClN4O/c1-15-25-19(21(27)23-12-11-16-5-3-2-4-6-16)13-20(26-15)24-14-17-7-9-18(22)10-8-17/h5,7-10,13H,2-4,6,11-12,14H2,1H3,(H,23,27)(H,24,25,26). The predicted octanol–water partition coefficient (Wildman–Crippen LogP) is 4.67. The van der Waals surface area contributed by atoms with Gasteiger partial charge in [-0.15, -0.1) is 0 Å². The van der Waals surface area contributed by atoms with Gasteiger partial charge < -0.3 is 10.6 Å². The molecule has 1 aromatic carbocycles. The average molecular weight is 385 g/mol. The minimum atomic E-state index is -0.161. The molecular formula is C21H25ClN4O. The molecule has 3 rings (SSSR count). The zero-order valence-electron chi connectivity index (χ0n) is 15.6. The summed E-state index contributed by atoms with van der Waals surface area (Å²) in [5, 5.41) is 6.92. The zero-order valence-corrected chi connectivity index (χ0v) is 16.4. The summed E-state index contributed by atoms with van der Waals surface area (Å²) in [4.78, 5) is 21.1. The number of hydrogen-bond acceptors (Lipinski definition) is 4. The Morgan fingerprint density at radius 3 is 2.74 bits per heavy atom. The Morgan fingerprint density at radius 2 is 2.00 bits per heavy atom. The van der Waals surface area contributed by atoms with E-state index in [2.05, 4.69) is 26.7 Å². The van der Waals surface area contributed by atoms with Crippen LogP contribution in [-0.2, 0) is 6.54 Å². The highest BCUT2D eigenvalue weighted by Gasteiger charge is 2.11. The highest BCUT2D eigenvalue weighted by molar-refractivity contribution is 6.30. The summed E-state index contributed by atoms with van der Waals surface area (Å²) in [6.07, 6.45) is 8.08. The predicted molar refractivity (Wildman–Crippen MR) is 109 cm³/mol. The van der Waals surface area contributed by atoms with E-state index in [-0.39, 0.29) is 5.91 Å². The lowest BCUT2D eigenvalue weighted by molar-refractivity contribution is 0.0948. The van der Waals surface area contributed by atoms with Crippen LogP contribution in [0.4, 0.5) is 5.82 Å². The molecule has 0 bridgehead atoms. The van der Waals surface area contributed by atoms with Crippen molar-refractivity contribution < 1.29 is 4.79 Å². The van der Waals surface area contributed by atoms with Crippen molar-refractivity contribution in [3.05, 3.63) is 64.1 Å². The van der Waals surface area contributed by atoms with Crippen molar-refractivity contribution in [3.63, 3.8) is 0 Å². The average Bonchev–Trinajstić information content (AvgIpc) is 2.68. The van der Waals surface area contributed by atoms with Gasteiger partial charge in [0.05, 0.1) is 0 Å².